The summed E-state index contributed by atoms with van der Waals surface area (Å²) in [5, 5.41) is 11.2. The van der Waals surface area contributed by atoms with Crippen molar-refractivity contribution in [1.29, 1.82) is 0 Å². The highest BCUT2D eigenvalue weighted by Crippen LogP contribution is 2.40. The van der Waals surface area contributed by atoms with Crippen molar-refractivity contribution >= 4 is 5.91 Å². The number of carbonyl (C=O) groups is 1. The third-order valence-electron chi connectivity index (χ3n) is 7.05. The molecule has 148 valence electrons. The van der Waals surface area contributed by atoms with Crippen LogP contribution >= 0.6 is 0 Å². The van der Waals surface area contributed by atoms with E-state index < -0.39 is 5.60 Å². The van der Waals surface area contributed by atoms with Crippen LogP contribution < -0.4 is 5.73 Å². The number of fused-ring (bicyclic) bond motifs is 1. The largest absolute Gasteiger partial charge is 0.388 e. The summed E-state index contributed by atoms with van der Waals surface area (Å²) in [7, 11) is 0. The van der Waals surface area contributed by atoms with E-state index >= 15 is 0 Å². The molecule has 1 saturated heterocycles. The minimum atomic E-state index is -0.664. The van der Waals surface area contributed by atoms with Gasteiger partial charge in [0.2, 0.25) is 5.91 Å². The van der Waals surface area contributed by atoms with E-state index in [1.807, 2.05) is 12.1 Å². The van der Waals surface area contributed by atoms with Gasteiger partial charge in [-0.1, -0.05) is 50.2 Å². The number of amides is 1. The number of carbonyl (C=O) groups excluding carboxylic acids is 1. The summed E-state index contributed by atoms with van der Waals surface area (Å²) in [4.78, 5) is 14.0. The highest BCUT2D eigenvalue weighted by Gasteiger charge is 2.42. The molecule has 2 aromatic rings. The maximum absolute atomic E-state index is 11.6. The standard InChI is InChI=1S/C24H30N2O2/c1-17-15-26(16-24(28)13-19-6-3-4-7-20(19)14-24)11-10-23(17,2)21-9-5-8-18(12-21)22(25)27/h3-9,12,17,28H,10-11,13-16H2,1-2H3,(H2,25,27). The SMILES string of the molecule is CC1CN(CC2(O)Cc3ccccc3C2)CCC1(C)c1cccc(C(N)=O)c1. The highest BCUT2D eigenvalue weighted by molar-refractivity contribution is 5.92. The number of aliphatic hydroxyl groups is 1. The summed E-state index contributed by atoms with van der Waals surface area (Å²) < 4.78 is 0. The average molecular weight is 379 g/mol. The molecule has 2 atom stereocenters. The number of nitrogens with zero attached hydrogens (tertiary/aromatic N) is 1. The van der Waals surface area contributed by atoms with Crippen molar-refractivity contribution in [1.82, 2.24) is 4.90 Å². The van der Waals surface area contributed by atoms with E-state index in [0.717, 1.165) is 32.4 Å². The van der Waals surface area contributed by atoms with Crippen LogP contribution in [0.15, 0.2) is 48.5 Å². The number of piperidine rings is 1. The summed E-state index contributed by atoms with van der Waals surface area (Å²) in [6, 6.07) is 16.2. The number of hydrogen-bond donors (Lipinski definition) is 2. The van der Waals surface area contributed by atoms with Crippen LogP contribution in [0.2, 0.25) is 0 Å². The van der Waals surface area contributed by atoms with Gasteiger partial charge in [0.15, 0.2) is 0 Å². The Morgan fingerprint density at radius 1 is 1.18 bits per heavy atom. The first-order valence-corrected chi connectivity index (χ1v) is 10.2. The van der Waals surface area contributed by atoms with Crippen molar-refractivity contribution in [3.05, 3.63) is 70.8 Å². The molecule has 0 radical (unpaired) electrons. The smallest absolute Gasteiger partial charge is 0.248 e. The van der Waals surface area contributed by atoms with Gasteiger partial charge >= 0.3 is 0 Å². The summed E-state index contributed by atoms with van der Waals surface area (Å²) in [6.07, 6.45) is 2.48. The quantitative estimate of drug-likeness (QED) is 0.860. The number of β-amino-alcohol motifs (C(OH)–C–C–N with tert-alkyl or cyclic N) is 1. The lowest BCUT2D eigenvalue weighted by atomic mass is 9.67. The van der Waals surface area contributed by atoms with Gasteiger partial charge in [-0.15, -0.1) is 0 Å². The Morgan fingerprint density at radius 3 is 2.46 bits per heavy atom. The summed E-state index contributed by atoms with van der Waals surface area (Å²) >= 11 is 0. The fourth-order valence-electron chi connectivity index (χ4n) is 5.12. The normalized spacial score (nSPS) is 26.8. The Bertz CT molecular complexity index is 869. The monoisotopic (exact) mass is 378 g/mol. The number of primary amides is 1. The average Bonchev–Trinajstić information content (AvgIpc) is 3.00. The molecule has 4 nitrogen and oxygen atoms in total. The Labute approximate surface area is 167 Å². The molecule has 1 aliphatic heterocycles. The molecule has 1 aliphatic carbocycles. The topological polar surface area (TPSA) is 66.6 Å². The lowest BCUT2D eigenvalue weighted by Gasteiger charge is -2.46. The highest BCUT2D eigenvalue weighted by atomic mass is 16.3. The molecule has 4 rings (SSSR count). The van der Waals surface area contributed by atoms with Crippen LogP contribution in [0, 0.1) is 5.92 Å². The van der Waals surface area contributed by atoms with Gasteiger partial charge in [0.25, 0.3) is 0 Å². The molecule has 28 heavy (non-hydrogen) atoms. The number of nitrogens with two attached hydrogens (primary N) is 1. The van der Waals surface area contributed by atoms with Crippen LogP contribution in [0.5, 0.6) is 0 Å². The fourth-order valence-corrected chi connectivity index (χ4v) is 5.12. The van der Waals surface area contributed by atoms with Crippen LogP contribution in [-0.4, -0.2) is 41.1 Å². The molecule has 1 fully saturated rings. The lowest BCUT2D eigenvalue weighted by Crippen LogP contribution is -2.52. The number of benzene rings is 2. The van der Waals surface area contributed by atoms with Crippen molar-refractivity contribution in [3.63, 3.8) is 0 Å². The van der Waals surface area contributed by atoms with Crippen molar-refractivity contribution < 1.29 is 9.90 Å². The van der Waals surface area contributed by atoms with Gasteiger partial charge < -0.3 is 15.7 Å². The zero-order chi connectivity index (χ0) is 19.9. The molecule has 1 amide bonds. The molecule has 0 saturated carbocycles. The Kier molecular flexibility index (Phi) is 4.80. The molecule has 1 heterocycles. The predicted octanol–water partition coefficient (Wildman–Crippen LogP) is 2.91. The Balaban J connectivity index is 1.46. The van der Waals surface area contributed by atoms with E-state index in [0.29, 0.717) is 18.0 Å². The van der Waals surface area contributed by atoms with Gasteiger partial charge in [0, 0.05) is 31.5 Å². The van der Waals surface area contributed by atoms with E-state index in [2.05, 4.69) is 49.1 Å². The first kappa shape index (κ1) is 19.2. The predicted molar refractivity (Wildman–Crippen MR) is 111 cm³/mol. The van der Waals surface area contributed by atoms with Crippen LogP contribution in [0.25, 0.3) is 0 Å². The number of rotatable bonds is 4. The number of hydrogen-bond acceptors (Lipinski definition) is 3. The van der Waals surface area contributed by atoms with Gasteiger partial charge in [0.1, 0.15) is 0 Å². The molecule has 0 bridgehead atoms. The summed E-state index contributed by atoms with van der Waals surface area (Å²) in [5.41, 5.74) is 9.14. The summed E-state index contributed by atoms with van der Waals surface area (Å²) in [6.45, 7) is 7.16. The molecule has 0 aromatic heterocycles. The van der Waals surface area contributed by atoms with Gasteiger partial charge in [-0.3, -0.25) is 4.79 Å². The molecular weight excluding hydrogens is 348 g/mol. The van der Waals surface area contributed by atoms with E-state index in [1.54, 1.807) is 6.07 Å². The summed E-state index contributed by atoms with van der Waals surface area (Å²) in [5.74, 6) is 0.0373. The second-order valence-corrected chi connectivity index (χ2v) is 9.10. The number of likely N-dealkylation sites (tertiary alicyclic amines) is 1. The maximum Gasteiger partial charge on any atom is 0.248 e. The van der Waals surface area contributed by atoms with Crippen LogP contribution in [0.4, 0.5) is 0 Å². The van der Waals surface area contributed by atoms with E-state index in [4.69, 9.17) is 5.73 Å². The van der Waals surface area contributed by atoms with E-state index in [1.165, 1.54) is 16.7 Å². The molecule has 3 N–H and O–H groups in total. The van der Waals surface area contributed by atoms with Crippen molar-refractivity contribution in [3.8, 4) is 0 Å². The van der Waals surface area contributed by atoms with Crippen LogP contribution in [-0.2, 0) is 18.3 Å². The van der Waals surface area contributed by atoms with Gasteiger partial charge in [-0.2, -0.15) is 0 Å². The first-order valence-electron chi connectivity index (χ1n) is 10.2. The third-order valence-corrected chi connectivity index (χ3v) is 7.05. The lowest BCUT2D eigenvalue weighted by molar-refractivity contribution is -0.00935. The Morgan fingerprint density at radius 2 is 1.86 bits per heavy atom. The Hall–Kier alpha value is -2.17. The molecular formula is C24H30N2O2. The van der Waals surface area contributed by atoms with Crippen LogP contribution in [0.1, 0.15) is 47.3 Å². The molecule has 2 unspecified atom stereocenters. The maximum atomic E-state index is 11.6. The van der Waals surface area contributed by atoms with Crippen LogP contribution in [0.3, 0.4) is 0 Å². The van der Waals surface area contributed by atoms with Crippen molar-refractivity contribution in [2.75, 3.05) is 19.6 Å². The fraction of sp³-hybridized carbons (Fsp3) is 0.458. The second-order valence-electron chi connectivity index (χ2n) is 9.10. The first-order chi connectivity index (χ1) is 13.3. The molecule has 2 aromatic carbocycles. The molecule has 0 spiro atoms. The minimum absolute atomic E-state index is 0.00319. The zero-order valence-electron chi connectivity index (χ0n) is 16.8. The zero-order valence-corrected chi connectivity index (χ0v) is 16.8. The van der Waals surface area contributed by atoms with Crippen molar-refractivity contribution in [2.24, 2.45) is 11.7 Å². The molecule has 2 aliphatic rings. The van der Waals surface area contributed by atoms with Crippen molar-refractivity contribution in [2.45, 2.75) is 44.1 Å². The minimum Gasteiger partial charge on any atom is -0.388 e. The molecule has 4 heteroatoms. The van der Waals surface area contributed by atoms with Gasteiger partial charge in [-0.05, 0) is 53.1 Å². The third kappa shape index (κ3) is 3.47. The van der Waals surface area contributed by atoms with E-state index in [9.17, 15) is 9.90 Å². The van der Waals surface area contributed by atoms with Gasteiger partial charge in [-0.25, -0.2) is 0 Å². The second kappa shape index (κ2) is 7.02. The van der Waals surface area contributed by atoms with E-state index in [-0.39, 0.29) is 11.3 Å². The van der Waals surface area contributed by atoms with Gasteiger partial charge in [0.05, 0.1) is 5.60 Å².